The number of aryl methyl sites for hydroxylation is 1. The molecule has 2 heterocycles. The number of fused-ring (bicyclic) bond motifs is 1. The van der Waals surface area contributed by atoms with Crippen LogP contribution in [0.3, 0.4) is 0 Å². The van der Waals surface area contributed by atoms with Crippen LogP contribution < -0.4 is 5.32 Å². The number of hydrogen-bond acceptors (Lipinski definition) is 5. The molecule has 0 bridgehead atoms. The summed E-state index contributed by atoms with van der Waals surface area (Å²) < 4.78 is 18.6. The molecule has 3 aromatic rings. The van der Waals surface area contributed by atoms with E-state index in [0.717, 1.165) is 36.1 Å². The Bertz CT molecular complexity index is 1090. The number of aromatic amines is 1. The second-order valence-corrected chi connectivity index (χ2v) is 8.60. The number of rotatable bonds is 5. The third kappa shape index (κ3) is 4.14. The number of ether oxygens (including phenoxy) is 1. The second-order valence-electron chi connectivity index (χ2n) is 7.50. The minimum absolute atomic E-state index is 0.244. The van der Waals surface area contributed by atoms with Crippen LogP contribution in [0.4, 0.5) is 9.39 Å². The predicted molar refractivity (Wildman–Crippen MR) is 113 cm³/mol. The maximum Gasteiger partial charge on any atom is 0.341 e. The van der Waals surface area contributed by atoms with Gasteiger partial charge in [0, 0.05) is 10.4 Å². The monoisotopic (exact) mass is 427 g/mol. The van der Waals surface area contributed by atoms with Gasteiger partial charge in [0.2, 0.25) is 0 Å². The number of anilines is 1. The molecule has 2 N–H and O–H groups in total. The van der Waals surface area contributed by atoms with Gasteiger partial charge >= 0.3 is 5.97 Å². The molecule has 4 rings (SSSR count). The number of carbonyl (C=O) groups is 2. The lowest BCUT2D eigenvalue weighted by atomic mass is 9.95. The maximum absolute atomic E-state index is 13.1. The SMILES string of the molecule is CC(C)OC(=O)c1c(NC(=O)c2cc(-c3ccc(F)cc3)n[nH]2)sc2c1CCCC2. The van der Waals surface area contributed by atoms with Crippen LogP contribution in [0.2, 0.25) is 0 Å². The van der Waals surface area contributed by atoms with Crippen molar-refractivity contribution in [1.82, 2.24) is 10.2 Å². The molecule has 156 valence electrons. The van der Waals surface area contributed by atoms with Crippen molar-refractivity contribution in [1.29, 1.82) is 0 Å². The van der Waals surface area contributed by atoms with E-state index in [1.807, 2.05) is 0 Å². The van der Waals surface area contributed by atoms with Crippen molar-refractivity contribution >= 4 is 28.2 Å². The Morgan fingerprint density at radius 3 is 2.67 bits per heavy atom. The average molecular weight is 428 g/mol. The van der Waals surface area contributed by atoms with E-state index < -0.39 is 11.9 Å². The third-order valence-corrected chi connectivity index (χ3v) is 6.11. The Balaban J connectivity index is 1.59. The normalized spacial score (nSPS) is 13.2. The summed E-state index contributed by atoms with van der Waals surface area (Å²) in [5, 5.41) is 10.2. The quantitative estimate of drug-likeness (QED) is 0.563. The molecule has 0 aliphatic heterocycles. The summed E-state index contributed by atoms with van der Waals surface area (Å²) in [6.07, 6.45) is 3.55. The zero-order chi connectivity index (χ0) is 21.3. The number of esters is 1. The summed E-state index contributed by atoms with van der Waals surface area (Å²) in [6, 6.07) is 7.47. The van der Waals surface area contributed by atoms with E-state index in [-0.39, 0.29) is 17.6 Å². The fraction of sp³-hybridized carbons (Fsp3) is 0.318. The van der Waals surface area contributed by atoms with Gasteiger partial charge in [-0.25, -0.2) is 9.18 Å². The summed E-state index contributed by atoms with van der Waals surface area (Å²) in [7, 11) is 0. The van der Waals surface area contributed by atoms with Gasteiger partial charge in [-0.05, 0) is 75.4 Å². The molecule has 0 saturated carbocycles. The van der Waals surface area contributed by atoms with Crippen LogP contribution in [0.15, 0.2) is 30.3 Å². The van der Waals surface area contributed by atoms with E-state index in [1.54, 1.807) is 32.0 Å². The van der Waals surface area contributed by atoms with Crippen LogP contribution in [0, 0.1) is 5.82 Å². The lowest BCUT2D eigenvalue weighted by Crippen LogP contribution is -2.18. The van der Waals surface area contributed by atoms with Gasteiger partial charge in [-0.3, -0.25) is 9.89 Å². The van der Waals surface area contributed by atoms with Crippen molar-refractivity contribution in [3.8, 4) is 11.3 Å². The number of aromatic nitrogens is 2. The Morgan fingerprint density at radius 1 is 1.20 bits per heavy atom. The van der Waals surface area contributed by atoms with E-state index in [4.69, 9.17) is 4.74 Å². The van der Waals surface area contributed by atoms with Crippen LogP contribution in [0.5, 0.6) is 0 Å². The van der Waals surface area contributed by atoms with Gasteiger partial charge in [0.05, 0.1) is 17.4 Å². The molecule has 8 heteroatoms. The molecule has 30 heavy (non-hydrogen) atoms. The highest BCUT2D eigenvalue weighted by molar-refractivity contribution is 7.17. The molecule has 0 fully saturated rings. The molecular formula is C22H22FN3O3S. The van der Waals surface area contributed by atoms with Crippen LogP contribution >= 0.6 is 11.3 Å². The molecule has 2 aromatic heterocycles. The third-order valence-electron chi connectivity index (χ3n) is 4.91. The highest BCUT2D eigenvalue weighted by Gasteiger charge is 2.28. The molecule has 0 spiro atoms. The first-order valence-electron chi connectivity index (χ1n) is 9.90. The minimum Gasteiger partial charge on any atom is -0.459 e. The van der Waals surface area contributed by atoms with Gasteiger partial charge < -0.3 is 10.1 Å². The number of thiophene rings is 1. The number of nitrogens with one attached hydrogen (secondary N) is 2. The molecule has 0 saturated heterocycles. The largest absolute Gasteiger partial charge is 0.459 e. The van der Waals surface area contributed by atoms with E-state index in [2.05, 4.69) is 15.5 Å². The zero-order valence-corrected chi connectivity index (χ0v) is 17.6. The molecule has 1 aliphatic rings. The smallest absolute Gasteiger partial charge is 0.341 e. The molecule has 0 unspecified atom stereocenters. The van der Waals surface area contributed by atoms with Gasteiger partial charge in [-0.2, -0.15) is 5.10 Å². The number of carbonyl (C=O) groups excluding carboxylic acids is 2. The van der Waals surface area contributed by atoms with Crippen molar-refractivity contribution in [2.75, 3.05) is 5.32 Å². The van der Waals surface area contributed by atoms with Crippen molar-refractivity contribution in [3.63, 3.8) is 0 Å². The van der Waals surface area contributed by atoms with E-state index >= 15 is 0 Å². The molecule has 1 amide bonds. The van der Waals surface area contributed by atoms with Crippen molar-refractivity contribution in [2.45, 2.75) is 45.6 Å². The van der Waals surface area contributed by atoms with Gasteiger partial charge in [0.15, 0.2) is 0 Å². The van der Waals surface area contributed by atoms with E-state index in [9.17, 15) is 14.0 Å². The van der Waals surface area contributed by atoms with Crippen LogP contribution in [-0.2, 0) is 17.6 Å². The lowest BCUT2D eigenvalue weighted by molar-refractivity contribution is 0.0378. The average Bonchev–Trinajstić information content (AvgIpc) is 3.32. The number of hydrogen-bond donors (Lipinski definition) is 2. The number of benzene rings is 1. The van der Waals surface area contributed by atoms with E-state index in [1.165, 1.54) is 23.5 Å². The van der Waals surface area contributed by atoms with Gasteiger partial charge in [0.25, 0.3) is 5.91 Å². The minimum atomic E-state index is -0.406. The molecule has 0 radical (unpaired) electrons. The van der Waals surface area contributed by atoms with Gasteiger partial charge in [-0.15, -0.1) is 11.3 Å². The molecule has 0 atom stereocenters. The Morgan fingerprint density at radius 2 is 1.93 bits per heavy atom. The van der Waals surface area contributed by atoms with Crippen molar-refractivity contribution in [2.24, 2.45) is 0 Å². The highest BCUT2D eigenvalue weighted by atomic mass is 32.1. The number of halogens is 1. The van der Waals surface area contributed by atoms with Crippen molar-refractivity contribution in [3.05, 3.63) is 57.8 Å². The second kappa shape index (κ2) is 8.39. The van der Waals surface area contributed by atoms with Crippen LogP contribution in [0.1, 0.15) is 58.0 Å². The Labute approximate surface area is 177 Å². The standard InChI is InChI=1S/C22H22FN3O3S/c1-12(2)29-22(28)19-15-5-3-4-6-18(15)30-21(19)24-20(27)17-11-16(25-26-17)13-7-9-14(23)10-8-13/h7-12H,3-6H2,1-2H3,(H,24,27)(H,25,26). The fourth-order valence-corrected chi connectivity index (χ4v) is 4.79. The summed E-state index contributed by atoms with van der Waals surface area (Å²) >= 11 is 1.44. The summed E-state index contributed by atoms with van der Waals surface area (Å²) in [4.78, 5) is 26.7. The summed E-state index contributed by atoms with van der Waals surface area (Å²) in [6.45, 7) is 3.60. The van der Waals surface area contributed by atoms with Crippen LogP contribution in [-0.4, -0.2) is 28.2 Å². The first kappa shape index (κ1) is 20.3. The number of amides is 1. The first-order chi connectivity index (χ1) is 14.4. The fourth-order valence-electron chi connectivity index (χ4n) is 3.52. The maximum atomic E-state index is 13.1. The molecule has 6 nitrogen and oxygen atoms in total. The van der Waals surface area contributed by atoms with Gasteiger partial charge in [-0.1, -0.05) is 0 Å². The van der Waals surface area contributed by atoms with Crippen molar-refractivity contribution < 1.29 is 18.7 Å². The first-order valence-corrected chi connectivity index (χ1v) is 10.7. The zero-order valence-electron chi connectivity index (χ0n) is 16.8. The lowest BCUT2D eigenvalue weighted by Gasteiger charge is -2.14. The number of nitrogens with zero attached hydrogens (tertiary/aromatic N) is 1. The highest BCUT2D eigenvalue weighted by Crippen LogP contribution is 2.39. The summed E-state index contributed by atoms with van der Waals surface area (Å²) in [5.41, 5.74) is 2.94. The Kier molecular flexibility index (Phi) is 5.67. The molecule has 1 aliphatic carbocycles. The summed E-state index contributed by atoms with van der Waals surface area (Å²) in [5.74, 6) is -1.14. The van der Waals surface area contributed by atoms with Crippen LogP contribution in [0.25, 0.3) is 11.3 Å². The Hall–Kier alpha value is -3.00. The topological polar surface area (TPSA) is 84.1 Å². The van der Waals surface area contributed by atoms with Gasteiger partial charge in [0.1, 0.15) is 16.5 Å². The molecule has 1 aromatic carbocycles. The van der Waals surface area contributed by atoms with E-state index in [0.29, 0.717) is 21.8 Å². The number of H-pyrrole nitrogens is 1. The molecular weight excluding hydrogens is 405 g/mol. The predicted octanol–water partition coefficient (Wildman–Crippen LogP) is 4.97.